The van der Waals surface area contributed by atoms with E-state index in [1.165, 1.54) is 0 Å². The third-order valence-corrected chi connectivity index (χ3v) is 24.2. The van der Waals surface area contributed by atoms with Crippen LogP contribution in [0.25, 0.3) is 227 Å². The Balaban J connectivity index is 0.753. The maximum absolute atomic E-state index is 5.74. The van der Waals surface area contributed by atoms with Gasteiger partial charge in [0.25, 0.3) is 0 Å². The lowest BCUT2D eigenvalue weighted by molar-refractivity contribution is 0.932. The summed E-state index contributed by atoms with van der Waals surface area (Å²) in [5, 5.41) is 13.1. The minimum absolute atomic E-state index is 0.504. The van der Waals surface area contributed by atoms with Gasteiger partial charge in [0.2, 0.25) is 11.9 Å². The standard InChI is InChI=1S/C108H70N12/c1-3-30-67(4-2)103-109-104(70-33-12-6-13-34-70)112-108(111-103)120-94-50-29-24-45-83(94)100-84(64-89-81-44-23-27-48-92(81)118(101(89)102(100)120)77-56-51-69(52-57-77)68-31-10-5-11-32-68)71-53-58-82-86-62-73(55-60-96(86)117(97(82)63-71)76-39-18-9-19-40-76)106-110-105(72-54-59-95-85(61-72)78-41-20-25-46-90(78)115(95)74-35-14-7-15-36-74)113-107(114-106)119-93-49-28-22-43-80(93)88-65-98-87(66-99(88)119)79-42-21-26-47-91(79)116(98)75-37-16-8-17-38-75/h3-66H,1-2H3/b30-3-,67-4+. The van der Waals surface area contributed by atoms with E-state index in [0.29, 0.717) is 35.2 Å². The predicted octanol–water partition coefficient (Wildman–Crippen LogP) is 27.0. The molecule has 0 atom stereocenters. The summed E-state index contributed by atoms with van der Waals surface area (Å²) in [4.78, 5) is 33.4. The molecule has 562 valence electrons. The molecule has 24 aromatic rings. The molecule has 0 saturated heterocycles. The van der Waals surface area contributed by atoms with Crippen LogP contribution in [-0.2, 0) is 0 Å². The molecule has 12 nitrogen and oxygen atoms in total. The Kier molecular flexibility index (Phi) is 15.5. The molecule has 0 unspecified atom stereocenters. The van der Waals surface area contributed by atoms with E-state index in [0.717, 1.165) is 198 Å². The number of para-hydroxylation sites is 8. The zero-order chi connectivity index (χ0) is 79.2. The van der Waals surface area contributed by atoms with Crippen LogP contribution in [0.5, 0.6) is 0 Å². The summed E-state index contributed by atoms with van der Waals surface area (Å²) in [7, 11) is 0. The van der Waals surface area contributed by atoms with Crippen molar-refractivity contribution in [3.63, 3.8) is 0 Å². The van der Waals surface area contributed by atoms with Crippen LogP contribution >= 0.6 is 0 Å². The molecule has 0 aliphatic heterocycles. The van der Waals surface area contributed by atoms with E-state index in [1.54, 1.807) is 0 Å². The number of hydrogen-bond donors (Lipinski definition) is 0. The zero-order valence-corrected chi connectivity index (χ0v) is 65.3. The maximum Gasteiger partial charge on any atom is 0.238 e. The van der Waals surface area contributed by atoms with Crippen molar-refractivity contribution < 1.29 is 0 Å². The zero-order valence-electron chi connectivity index (χ0n) is 65.3. The molecule has 12 heteroatoms. The van der Waals surface area contributed by atoms with E-state index in [1.807, 2.05) is 38.1 Å². The van der Waals surface area contributed by atoms with Gasteiger partial charge in [-0.15, -0.1) is 0 Å². The molecule has 0 N–H and O–H groups in total. The van der Waals surface area contributed by atoms with Crippen molar-refractivity contribution in [2.24, 2.45) is 0 Å². The maximum atomic E-state index is 5.74. The van der Waals surface area contributed by atoms with E-state index < -0.39 is 0 Å². The molecular weight excluding hydrogens is 1470 g/mol. The summed E-state index contributed by atoms with van der Waals surface area (Å²) in [5.41, 5.74) is 24.6. The average molecular weight is 1540 g/mol. The molecule has 8 heterocycles. The monoisotopic (exact) mass is 1530 g/mol. The lowest BCUT2D eigenvalue weighted by Crippen LogP contribution is -2.08. The Bertz CT molecular complexity index is 8390. The van der Waals surface area contributed by atoms with Crippen molar-refractivity contribution in [1.29, 1.82) is 0 Å². The van der Waals surface area contributed by atoms with Crippen molar-refractivity contribution in [2.45, 2.75) is 13.8 Å². The number of rotatable bonds is 13. The van der Waals surface area contributed by atoms with Gasteiger partial charge in [-0.2, -0.15) is 19.9 Å². The molecular formula is C108H70N12. The first-order valence-electron chi connectivity index (χ1n) is 40.7. The first-order valence-corrected chi connectivity index (χ1v) is 40.7. The highest BCUT2D eigenvalue weighted by molar-refractivity contribution is 6.29. The predicted molar refractivity (Wildman–Crippen MR) is 495 cm³/mol. The van der Waals surface area contributed by atoms with Crippen LogP contribution in [0.15, 0.2) is 388 Å². The topological polar surface area (TPSA) is 107 Å². The third kappa shape index (κ3) is 10.6. The van der Waals surface area contributed by atoms with Crippen LogP contribution < -0.4 is 0 Å². The smallest absolute Gasteiger partial charge is 0.238 e. The van der Waals surface area contributed by atoms with E-state index >= 15 is 0 Å². The summed E-state index contributed by atoms with van der Waals surface area (Å²) < 4.78 is 14.2. The number of aromatic nitrogens is 12. The molecule has 0 aliphatic carbocycles. The van der Waals surface area contributed by atoms with Crippen molar-refractivity contribution >= 4 is 136 Å². The molecule has 0 bridgehead atoms. The van der Waals surface area contributed by atoms with E-state index in [-0.39, 0.29) is 0 Å². The Hall–Kier alpha value is -16.2. The third-order valence-electron chi connectivity index (χ3n) is 24.2. The molecule has 120 heavy (non-hydrogen) atoms. The highest BCUT2D eigenvalue weighted by Crippen LogP contribution is 2.49. The van der Waals surface area contributed by atoms with Gasteiger partial charge in [-0.1, -0.05) is 249 Å². The van der Waals surface area contributed by atoms with Gasteiger partial charge in [0.1, 0.15) is 0 Å². The summed E-state index contributed by atoms with van der Waals surface area (Å²) >= 11 is 0. The summed E-state index contributed by atoms with van der Waals surface area (Å²) in [6.45, 7) is 4.07. The molecule has 0 radical (unpaired) electrons. The van der Waals surface area contributed by atoms with Crippen molar-refractivity contribution in [2.75, 3.05) is 0 Å². The van der Waals surface area contributed by atoms with Crippen LogP contribution in [-0.4, -0.2) is 57.3 Å². The fourth-order valence-electron chi connectivity index (χ4n) is 18.9. The molecule has 0 amide bonds. The molecule has 24 rings (SSSR count). The highest BCUT2D eigenvalue weighted by Gasteiger charge is 2.30. The molecule has 0 saturated carbocycles. The van der Waals surface area contributed by atoms with E-state index in [4.69, 9.17) is 29.9 Å². The van der Waals surface area contributed by atoms with Gasteiger partial charge in [0.15, 0.2) is 23.3 Å². The summed E-state index contributed by atoms with van der Waals surface area (Å²) in [6.07, 6.45) is 6.18. The minimum atomic E-state index is 0.504. The average Bonchev–Trinajstić information content (AvgIpc) is 1.53. The number of allylic oxidation sites excluding steroid dienone is 4. The Morgan fingerprint density at radius 2 is 0.592 bits per heavy atom. The quantitative estimate of drug-likeness (QED) is 0.106. The Labute approximate surface area is 688 Å². The van der Waals surface area contributed by atoms with E-state index in [9.17, 15) is 0 Å². The molecule has 16 aromatic carbocycles. The number of hydrogen-bond acceptors (Lipinski definition) is 6. The van der Waals surface area contributed by atoms with Gasteiger partial charge in [0.05, 0.1) is 66.2 Å². The molecule has 0 spiro atoms. The van der Waals surface area contributed by atoms with Crippen molar-refractivity contribution in [1.82, 2.24) is 57.3 Å². The van der Waals surface area contributed by atoms with Crippen LogP contribution in [0.3, 0.4) is 0 Å². The molecule has 8 aromatic heterocycles. The van der Waals surface area contributed by atoms with E-state index in [2.05, 4.69) is 391 Å². The van der Waals surface area contributed by atoms with Gasteiger partial charge in [-0.05, 0) is 176 Å². The lowest BCUT2D eigenvalue weighted by atomic mass is 9.95. The van der Waals surface area contributed by atoms with Crippen molar-refractivity contribution in [3.05, 3.63) is 394 Å². The second kappa shape index (κ2) is 27.2. The Morgan fingerprint density at radius 1 is 0.225 bits per heavy atom. The van der Waals surface area contributed by atoms with Crippen molar-refractivity contribution in [3.8, 4) is 91.1 Å². The Morgan fingerprint density at radius 3 is 1.12 bits per heavy atom. The highest BCUT2D eigenvalue weighted by atomic mass is 15.2. The van der Waals surface area contributed by atoms with Crippen LogP contribution in [0.2, 0.25) is 0 Å². The van der Waals surface area contributed by atoms with Crippen LogP contribution in [0.1, 0.15) is 19.7 Å². The molecule has 0 aliphatic rings. The SMILES string of the molecule is C/C=C\C(=C/C)c1nc(-c2ccccc2)nc(-n2c3ccccc3c3c(-c4ccc5c6cc(-c7nc(-c8ccc9c(c8)c8ccccc8n9-c8ccccc8)nc(-n8c9ccccc9c9cc%10c(cc98)c8ccccc8n%10-c8ccccc8)n7)ccc6n(-c6ccccc6)c5c4)cc4c5ccccc5n(-c5ccc(-c6ccccc6)cc5)c4c32)n1. The van der Waals surface area contributed by atoms with Crippen LogP contribution in [0.4, 0.5) is 0 Å². The summed E-state index contributed by atoms with van der Waals surface area (Å²) in [5.74, 6) is 3.25. The van der Waals surface area contributed by atoms with Gasteiger partial charge in [-0.25, -0.2) is 9.97 Å². The number of nitrogens with zero attached hydrogens (tertiary/aromatic N) is 12. The van der Waals surface area contributed by atoms with Gasteiger partial charge >= 0.3 is 0 Å². The second-order valence-electron chi connectivity index (χ2n) is 30.8. The summed E-state index contributed by atoms with van der Waals surface area (Å²) in [6, 6.07) is 133. The normalized spacial score (nSPS) is 12.3. The fraction of sp³-hybridized carbons (Fsp3) is 0.0185. The first kappa shape index (κ1) is 68.2. The van der Waals surface area contributed by atoms with Gasteiger partial charge in [0, 0.05) is 110 Å². The second-order valence-corrected chi connectivity index (χ2v) is 30.8. The first-order chi connectivity index (χ1) is 59.4. The van der Waals surface area contributed by atoms with Gasteiger partial charge < -0.3 is 18.3 Å². The van der Waals surface area contributed by atoms with Gasteiger partial charge in [-0.3, -0.25) is 9.13 Å². The lowest BCUT2D eigenvalue weighted by Gasteiger charge is -2.15. The van der Waals surface area contributed by atoms with Crippen LogP contribution in [0, 0.1) is 0 Å². The fourth-order valence-corrected chi connectivity index (χ4v) is 18.9. The largest absolute Gasteiger partial charge is 0.309 e. The number of fused-ring (bicyclic) bond motifs is 19. The number of benzene rings is 16. The molecule has 0 fully saturated rings. The minimum Gasteiger partial charge on any atom is -0.309 e.